The second-order valence-electron chi connectivity index (χ2n) is 7.63. The summed E-state index contributed by atoms with van der Waals surface area (Å²) in [5.74, 6) is -1.23. The van der Waals surface area contributed by atoms with Crippen molar-refractivity contribution in [3.63, 3.8) is 0 Å². The summed E-state index contributed by atoms with van der Waals surface area (Å²) in [6.07, 6.45) is 0. The molecule has 2 aromatic carbocycles. The van der Waals surface area contributed by atoms with Crippen LogP contribution in [0.25, 0.3) is 0 Å². The minimum Gasteiger partial charge on any atom is -0.481 e. The molecule has 31 heavy (non-hydrogen) atoms. The largest absolute Gasteiger partial charge is 0.481 e. The number of rotatable bonds is 6. The highest BCUT2D eigenvalue weighted by Gasteiger charge is 2.32. The number of carbonyl (C=O) groups is 2. The molecule has 1 aliphatic heterocycles. The lowest BCUT2D eigenvalue weighted by Gasteiger charge is -2.44. The van der Waals surface area contributed by atoms with E-state index in [-0.39, 0.29) is 46.2 Å². The van der Waals surface area contributed by atoms with Crippen LogP contribution in [0.3, 0.4) is 0 Å². The predicted octanol–water partition coefficient (Wildman–Crippen LogP) is 4.55. The summed E-state index contributed by atoms with van der Waals surface area (Å²) in [6.45, 7) is 5.76. The summed E-state index contributed by atoms with van der Waals surface area (Å²) in [5.41, 5.74) is 1.08. The molecule has 9 heteroatoms. The molecule has 0 saturated carbocycles. The van der Waals surface area contributed by atoms with Gasteiger partial charge in [-0.05, 0) is 75.5 Å². The molecule has 0 radical (unpaired) electrons. The molecule has 166 valence electrons. The maximum absolute atomic E-state index is 13.1. The molecule has 3 rings (SSSR count). The zero-order valence-electron chi connectivity index (χ0n) is 17.1. The van der Waals surface area contributed by atoms with Crippen molar-refractivity contribution in [2.45, 2.75) is 32.5 Å². The van der Waals surface area contributed by atoms with E-state index in [0.29, 0.717) is 24.1 Å². The van der Waals surface area contributed by atoms with E-state index in [2.05, 4.69) is 43.7 Å². The van der Waals surface area contributed by atoms with Gasteiger partial charge in [0.05, 0.1) is 14.5 Å². The fourth-order valence-corrected chi connectivity index (χ4v) is 4.98. The van der Waals surface area contributed by atoms with Crippen LogP contribution in [-0.4, -0.2) is 58.6 Å². The van der Waals surface area contributed by atoms with Gasteiger partial charge in [-0.25, -0.2) is 9.18 Å². The molecule has 1 saturated heterocycles. The molecule has 2 aromatic rings. The zero-order chi connectivity index (χ0) is 22.7. The minimum absolute atomic E-state index is 0.0232. The molecular formula is C22H23Br2FN2O4. The zero-order valence-corrected chi connectivity index (χ0v) is 20.3. The Labute approximate surface area is 197 Å². The van der Waals surface area contributed by atoms with E-state index < -0.39 is 5.97 Å². The Morgan fingerprint density at radius 2 is 1.77 bits per heavy atom. The van der Waals surface area contributed by atoms with Crippen molar-refractivity contribution in [3.05, 3.63) is 62.3 Å². The first-order valence-corrected chi connectivity index (χ1v) is 11.4. The Morgan fingerprint density at radius 3 is 2.42 bits per heavy atom. The normalized spacial score (nSPS) is 19.3. The first kappa shape index (κ1) is 23.7. The standard InChI is InChI=1S/C22H23Br2FN2O4/c1-13-10-27(14(2)9-26(13)11-15-3-5-16(25)6-4-15)19(28)12-31-21-18(23)8-7-17(20(21)24)22(29)30/h3-8,13-14H,9-12H2,1-2H3,(H,29,30)/t13-,14+/m0/s1. The van der Waals surface area contributed by atoms with Crippen molar-refractivity contribution in [2.24, 2.45) is 0 Å². The van der Waals surface area contributed by atoms with Crippen LogP contribution in [0.2, 0.25) is 0 Å². The average molecular weight is 558 g/mol. The van der Waals surface area contributed by atoms with Crippen LogP contribution in [-0.2, 0) is 11.3 Å². The van der Waals surface area contributed by atoms with E-state index >= 15 is 0 Å². The Hall–Kier alpha value is -1.97. The lowest BCUT2D eigenvalue weighted by Crippen LogP contribution is -2.58. The lowest BCUT2D eigenvalue weighted by atomic mass is 10.1. The molecule has 0 unspecified atom stereocenters. The van der Waals surface area contributed by atoms with Crippen molar-refractivity contribution < 1.29 is 23.8 Å². The Balaban J connectivity index is 1.62. The molecule has 0 bridgehead atoms. The molecule has 0 aliphatic carbocycles. The fourth-order valence-electron chi connectivity index (χ4n) is 3.64. The third-order valence-corrected chi connectivity index (χ3v) is 6.77. The number of amides is 1. The Bertz CT molecular complexity index is 971. The molecule has 1 heterocycles. The van der Waals surface area contributed by atoms with Gasteiger partial charge in [-0.15, -0.1) is 0 Å². The van der Waals surface area contributed by atoms with Crippen molar-refractivity contribution >= 4 is 43.7 Å². The van der Waals surface area contributed by atoms with Crippen molar-refractivity contribution in [3.8, 4) is 5.75 Å². The van der Waals surface area contributed by atoms with Gasteiger partial charge in [0.2, 0.25) is 0 Å². The summed E-state index contributed by atoms with van der Waals surface area (Å²) in [7, 11) is 0. The van der Waals surface area contributed by atoms with Crippen LogP contribution in [0, 0.1) is 5.82 Å². The Morgan fingerprint density at radius 1 is 1.10 bits per heavy atom. The monoisotopic (exact) mass is 556 g/mol. The van der Waals surface area contributed by atoms with Gasteiger partial charge in [-0.1, -0.05) is 12.1 Å². The van der Waals surface area contributed by atoms with Crippen molar-refractivity contribution in [2.75, 3.05) is 19.7 Å². The van der Waals surface area contributed by atoms with Crippen molar-refractivity contribution in [1.82, 2.24) is 9.80 Å². The van der Waals surface area contributed by atoms with E-state index in [1.165, 1.54) is 18.2 Å². The quantitative estimate of drug-likeness (QED) is 0.564. The van der Waals surface area contributed by atoms with E-state index in [0.717, 1.165) is 5.56 Å². The molecule has 1 N–H and O–H groups in total. The number of ether oxygens (including phenoxy) is 1. The first-order chi connectivity index (χ1) is 14.7. The highest BCUT2D eigenvalue weighted by Crippen LogP contribution is 2.36. The van der Waals surface area contributed by atoms with Gasteiger partial charge in [0.1, 0.15) is 11.6 Å². The third-order valence-electron chi connectivity index (χ3n) is 5.35. The second-order valence-corrected chi connectivity index (χ2v) is 9.28. The van der Waals surface area contributed by atoms with Gasteiger partial charge in [0, 0.05) is 31.7 Å². The van der Waals surface area contributed by atoms with Crippen molar-refractivity contribution in [1.29, 1.82) is 0 Å². The second kappa shape index (κ2) is 10.1. The van der Waals surface area contributed by atoms with Crippen LogP contribution in [0.4, 0.5) is 4.39 Å². The van der Waals surface area contributed by atoms with E-state index in [1.807, 2.05) is 6.92 Å². The molecule has 1 aliphatic rings. The number of carbonyl (C=O) groups excluding carboxylic acids is 1. The molecule has 1 amide bonds. The molecule has 1 fully saturated rings. The number of hydrogen-bond donors (Lipinski definition) is 1. The third kappa shape index (κ3) is 5.64. The van der Waals surface area contributed by atoms with Crippen LogP contribution < -0.4 is 4.74 Å². The number of nitrogens with zero attached hydrogens (tertiary/aromatic N) is 2. The van der Waals surface area contributed by atoms with Crippen LogP contribution >= 0.6 is 31.9 Å². The highest BCUT2D eigenvalue weighted by molar-refractivity contribution is 9.11. The van der Waals surface area contributed by atoms with Crippen LogP contribution in [0.1, 0.15) is 29.8 Å². The van der Waals surface area contributed by atoms with Gasteiger partial charge in [0.25, 0.3) is 5.91 Å². The minimum atomic E-state index is -1.09. The van der Waals surface area contributed by atoms with Gasteiger partial charge >= 0.3 is 5.97 Å². The number of aromatic carboxylic acids is 1. The number of piperazine rings is 1. The molecule has 6 nitrogen and oxygen atoms in total. The average Bonchev–Trinajstić information content (AvgIpc) is 2.71. The lowest BCUT2D eigenvalue weighted by molar-refractivity contribution is -0.139. The first-order valence-electron chi connectivity index (χ1n) is 9.79. The smallest absolute Gasteiger partial charge is 0.336 e. The highest BCUT2D eigenvalue weighted by atomic mass is 79.9. The topological polar surface area (TPSA) is 70.1 Å². The van der Waals surface area contributed by atoms with Gasteiger partial charge in [-0.3, -0.25) is 9.69 Å². The molecule has 0 aromatic heterocycles. The van der Waals surface area contributed by atoms with Crippen LogP contribution in [0.15, 0.2) is 45.3 Å². The van der Waals surface area contributed by atoms with E-state index in [9.17, 15) is 19.1 Å². The summed E-state index contributed by atoms with van der Waals surface area (Å²) in [5, 5.41) is 9.27. The summed E-state index contributed by atoms with van der Waals surface area (Å²) in [4.78, 5) is 28.3. The number of carboxylic acids is 1. The number of benzene rings is 2. The van der Waals surface area contributed by atoms with Crippen LogP contribution in [0.5, 0.6) is 5.75 Å². The maximum Gasteiger partial charge on any atom is 0.336 e. The maximum atomic E-state index is 13.1. The SMILES string of the molecule is C[C@@H]1CN(Cc2ccc(F)cc2)[C@@H](C)CN1C(=O)COc1c(Br)ccc(C(=O)O)c1Br. The summed E-state index contributed by atoms with van der Waals surface area (Å²) < 4.78 is 19.7. The summed E-state index contributed by atoms with van der Waals surface area (Å²) >= 11 is 6.59. The summed E-state index contributed by atoms with van der Waals surface area (Å²) in [6, 6.07) is 9.59. The molecule has 2 atom stereocenters. The van der Waals surface area contributed by atoms with Gasteiger partial charge in [-0.2, -0.15) is 0 Å². The van der Waals surface area contributed by atoms with E-state index in [1.54, 1.807) is 23.1 Å². The fraction of sp³-hybridized carbons (Fsp3) is 0.364. The molecular weight excluding hydrogens is 535 g/mol. The van der Waals surface area contributed by atoms with E-state index in [4.69, 9.17) is 4.74 Å². The number of hydrogen-bond acceptors (Lipinski definition) is 4. The molecule has 0 spiro atoms. The Kier molecular flexibility index (Phi) is 7.72. The number of carboxylic acid groups (broad SMARTS) is 1. The predicted molar refractivity (Wildman–Crippen MR) is 122 cm³/mol. The van der Waals surface area contributed by atoms with Gasteiger partial charge in [0.15, 0.2) is 6.61 Å². The number of halogens is 3. The van der Waals surface area contributed by atoms with Gasteiger partial charge < -0.3 is 14.7 Å².